The lowest BCUT2D eigenvalue weighted by Crippen LogP contribution is -2.61. The second-order valence-electron chi connectivity index (χ2n) is 13.7. The number of amides is 4. The van der Waals surface area contributed by atoms with Crippen molar-refractivity contribution in [3.63, 3.8) is 0 Å². The summed E-state index contributed by atoms with van der Waals surface area (Å²) in [4.78, 5) is 60.3. The molecule has 0 saturated heterocycles. The number of fused-ring (bicyclic) bond motifs is 2. The van der Waals surface area contributed by atoms with Gasteiger partial charge in [-0.2, -0.15) is 0 Å². The first-order chi connectivity index (χ1) is 23.3. The highest BCUT2D eigenvalue weighted by atomic mass is 16.6. The number of aromatic amines is 2. The van der Waals surface area contributed by atoms with Crippen molar-refractivity contribution in [3.05, 3.63) is 108 Å². The van der Waals surface area contributed by atoms with Crippen LogP contribution in [-0.4, -0.2) is 57.1 Å². The summed E-state index contributed by atoms with van der Waals surface area (Å²) in [6.07, 6.45) is 2.66. The zero-order chi connectivity index (χ0) is 35.2. The monoisotopic (exact) mass is 664 g/mol. The maximum absolute atomic E-state index is 14.2. The molecule has 0 spiro atoms. The molecule has 0 unspecified atom stereocenters. The van der Waals surface area contributed by atoms with Gasteiger partial charge in [-0.15, -0.1) is 0 Å². The lowest BCUT2D eigenvalue weighted by molar-refractivity contribution is -0.132. The van der Waals surface area contributed by atoms with E-state index in [0.29, 0.717) is 0 Å². The molecule has 0 aliphatic rings. The van der Waals surface area contributed by atoms with E-state index in [1.54, 1.807) is 20.8 Å². The molecule has 49 heavy (non-hydrogen) atoms. The van der Waals surface area contributed by atoms with E-state index in [9.17, 15) is 19.2 Å². The van der Waals surface area contributed by atoms with Crippen LogP contribution in [0.15, 0.2) is 91.3 Å². The molecule has 2 atom stereocenters. The summed E-state index contributed by atoms with van der Waals surface area (Å²) in [5, 5.41) is 13.4. The van der Waals surface area contributed by atoms with Crippen molar-refractivity contribution >= 4 is 45.6 Å². The van der Waals surface area contributed by atoms with Crippen LogP contribution in [0.1, 0.15) is 51.3 Å². The van der Waals surface area contributed by atoms with Crippen molar-refractivity contribution in [3.8, 4) is 0 Å². The van der Waals surface area contributed by atoms with E-state index in [-0.39, 0.29) is 25.2 Å². The van der Waals surface area contributed by atoms with Crippen molar-refractivity contribution in [1.29, 1.82) is 0 Å². The second-order valence-corrected chi connectivity index (χ2v) is 13.7. The van der Waals surface area contributed by atoms with Gasteiger partial charge in [0.1, 0.15) is 23.3 Å². The quantitative estimate of drug-likeness (QED) is 0.103. The Balaban J connectivity index is 1.40. The number of para-hydroxylation sites is 2. The van der Waals surface area contributed by atoms with Crippen molar-refractivity contribution in [2.24, 2.45) is 0 Å². The normalized spacial score (nSPS) is 13.0. The number of hydrogen-bond acceptors (Lipinski definition) is 5. The molecule has 11 nitrogen and oxygen atoms in total. The standard InChI is InChI=1S/C38H44N6O5/c1-37(2,3)49-36(48)44-38(4,5)35(47)41-31(20-25-22-39-29-17-11-9-15-27(25)29)34(46)43-32(42-33(45)19-24-13-7-6-8-14-24)21-26-23-40-30-18-12-10-16-28(26)30/h6-18,22-23,31-32,39-40H,19-21H2,1-5H3,(H,41,47)(H,42,45)(H,43,46)(H,44,48)/t31-,32-/m1/s1. The highest BCUT2D eigenvalue weighted by Crippen LogP contribution is 2.21. The van der Waals surface area contributed by atoms with Crippen LogP contribution >= 0.6 is 0 Å². The lowest BCUT2D eigenvalue weighted by atomic mass is 10.0. The van der Waals surface area contributed by atoms with Gasteiger partial charge >= 0.3 is 6.09 Å². The van der Waals surface area contributed by atoms with E-state index < -0.39 is 41.3 Å². The van der Waals surface area contributed by atoms with E-state index in [1.807, 2.05) is 91.3 Å². The molecule has 0 fully saturated rings. The Kier molecular flexibility index (Phi) is 10.4. The Morgan fingerprint density at radius 2 is 1.24 bits per heavy atom. The Labute approximate surface area is 285 Å². The van der Waals surface area contributed by atoms with Gasteiger partial charge in [-0.3, -0.25) is 14.4 Å². The molecule has 0 aliphatic heterocycles. The maximum atomic E-state index is 14.2. The van der Waals surface area contributed by atoms with Gasteiger partial charge in [-0.25, -0.2) is 4.79 Å². The first-order valence-corrected chi connectivity index (χ1v) is 16.3. The highest BCUT2D eigenvalue weighted by molar-refractivity contribution is 5.94. The third kappa shape index (κ3) is 9.28. The van der Waals surface area contributed by atoms with E-state index in [0.717, 1.165) is 38.5 Å². The number of aromatic nitrogens is 2. The van der Waals surface area contributed by atoms with Crippen LogP contribution in [-0.2, 0) is 38.4 Å². The number of rotatable bonds is 12. The molecule has 0 bridgehead atoms. The molecule has 6 N–H and O–H groups in total. The van der Waals surface area contributed by atoms with Gasteiger partial charge in [0.2, 0.25) is 17.7 Å². The van der Waals surface area contributed by atoms with Crippen LogP contribution in [0.5, 0.6) is 0 Å². The minimum atomic E-state index is -1.42. The van der Waals surface area contributed by atoms with E-state index in [4.69, 9.17) is 4.74 Å². The number of benzene rings is 3. The summed E-state index contributed by atoms with van der Waals surface area (Å²) in [7, 11) is 0. The van der Waals surface area contributed by atoms with Crippen molar-refractivity contribution in [2.45, 2.75) is 77.2 Å². The van der Waals surface area contributed by atoms with E-state index in [2.05, 4.69) is 31.2 Å². The molecule has 2 heterocycles. The fraction of sp³-hybridized carbons (Fsp3) is 0.316. The van der Waals surface area contributed by atoms with Crippen LogP contribution in [0, 0.1) is 0 Å². The van der Waals surface area contributed by atoms with Crippen molar-refractivity contribution in [1.82, 2.24) is 31.2 Å². The fourth-order valence-corrected chi connectivity index (χ4v) is 5.64. The van der Waals surface area contributed by atoms with Crippen LogP contribution in [0.2, 0.25) is 0 Å². The summed E-state index contributed by atoms with van der Waals surface area (Å²) in [5.41, 5.74) is 2.19. The average Bonchev–Trinajstić information content (AvgIpc) is 3.64. The van der Waals surface area contributed by atoms with Gasteiger partial charge < -0.3 is 36.0 Å². The molecule has 5 aromatic rings. The largest absolute Gasteiger partial charge is 0.444 e. The minimum absolute atomic E-state index is 0.126. The Morgan fingerprint density at radius 3 is 1.84 bits per heavy atom. The summed E-state index contributed by atoms with van der Waals surface area (Å²) in [6, 6.07) is 23.8. The minimum Gasteiger partial charge on any atom is -0.444 e. The molecule has 256 valence electrons. The fourth-order valence-electron chi connectivity index (χ4n) is 5.64. The number of alkyl carbamates (subject to hydrolysis) is 1. The van der Waals surface area contributed by atoms with Crippen LogP contribution < -0.4 is 21.3 Å². The van der Waals surface area contributed by atoms with Crippen LogP contribution in [0.4, 0.5) is 4.79 Å². The van der Waals surface area contributed by atoms with E-state index >= 15 is 0 Å². The number of carbonyl (C=O) groups is 4. The summed E-state index contributed by atoms with van der Waals surface area (Å²) >= 11 is 0. The predicted molar refractivity (Wildman–Crippen MR) is 190 cm³/mol. The summed E-state index contributed by atoms with van der Waals surface area (Å²) in [6.45, 7) is 8.26. The first kappa shape index (κ1) is 34.7. The van der Waals surface area contributed by atoms with Crippen molar-refractivity contribution < 1.29 is 23.9 Å². The highest BCUT2D eigenvalue weighted by Gasteiger charge is 2.35. The molecule has 0 radical (unpaired) electrons. The molecule has 4 amide bonds. The first-order valence-electron chi connectivity index (χ1n) is 16.3. The van der Waals surface area contributed by atoms with Crippen LogP contribution in [0.25, 0.3) is 21.8 Å². The zero-order valence-corrected chi connectivity index (χ0v) is 28.5. The Bertz CT molecular complexity index is 1940. The lowest BCUT2D eigenvalue weighted by Gasteiger charge is -2.30. The molecular formula is C38H44N6O5. The average molecular weight is 665 g/mol. The summed E-state index contributed by atoms with van der Waals surface area (Å²) < 4.78 is 5.37. The van der Waals surface area contributed by atoms with Gasteiger partial charge in [0.25, 0.3) is 0 Å². The molecule has 2 aromatic heterocycles. The molecule has 0 saturated carbocycles. The maximum Gasteiger partial charge on any atom is 0.408 e. The number of ether oxygens (including phenoxy) is 1. The third-order valence-electron chi connectivity index (χ3n) is 8.06. The Hall–Kier alpha value is -5.58. The molecular weight excluding hydrogens is 620 g/mol. The van der Waals surface area contributed by atoms with Crippen molar-refractivity contribution in [2.75, 3.05) is 0 Å². The number of hydrogen-bond donors (Lipinski definition) is 6. The topological polar surface area (TPSA) is 157 Å². The molecule has 0 aliphatic carbocycles. The molecule has 11 heteroatoms. The van der Waals surface area contributed by atoms with Gasteiger partial charge in [0, 0.05) is 47.0 Å². The van der Waals surface area contributed by atoms with Gasteiger partial charge in [-0.05, 0) is 63.4 Å². The van der Waals surface area contributed by atoms with Gasteiger partial charge in [-0.1, -0.05) is 66.7 Å². The molecule has 3 aromatic carbocycles. The van der Waals surface area contributed by atoms with Gasteiger partial charge in [0.05, 0.1) is 6.42 Å². The van der Waals surface area contributed by atoms with E-state index in [1.165, 1.54) is 13.8 Å². The molecule has 5 rings (SSSR count). The van der Waals surface area contributed by atoms with Crippen LogP contribution in [0.3, 0.4) is 0 Å². The third-order valence-corrected chi connectivity index (χ3v) is 8.06. The van der Waals surface area contributed by atoms with Gasteiger partial charge in [0.15, 0.2) is 0 Å². The smallest absolute Gasteiger partial charge is 0.408 e. The number of H-pyrrole nitrogens is 2. The number of nitrogens with one attached hydrogen (secondary N) is 6. The zero-order valence-electron chi connectivity index (χ0n) is 28.5. The predicted octanol–water partition coefficient (Wildman–Crippen LogP) is 5.02. The summed E-state index contributed by atoms with van der Waals surface area (Å²) in [5.74, 6) is -1.35. The number of carbonyl (C=O) groups excluding carboxylic acids is 4. The Morgan fingerprint density at radius 1 is 0.694 bits per heavy atom. The second kappa shape index (κ2) is 14.7. The SMILES string of the molecule is CC(C)(C)OC(=O)NC(C)(C)C(=O)N[C@H](Cc1c[nH]c2ccccc12)C(=O)N[C@H](Cc1c[nH]c2ccccc12)NC(=O)Cc1ccccc1.